The Morgan fingerprint density at radius 1 is 1.31 bits per heavy atom. The normalized spacial score (nSPS) is 11.7. The molecule has 7 heteroatoms. The van der Waals surface area contributed by atoms with Crippen LogP contribution >= 0.6 is 0 Å². The molecule has 0 atom stereocenters. The fraction of sp³-hybridized carbons (Fsp3) is 0.474. The smallest absolute Gasteiger partial charge is 0.193 e. The van der Waals surface area contributed by atoms with Crippen LogP contribution in [-0.4, -0.2) is 48.5 Å². The Morgan fingerprint density at radius 3 is 2.62 bits per heavy atom. The van der Waals surface area contributed by atoms with E-state index in [1.54, 1.807) is 26.3 Å². The number of methoxy groups -OCH3 is 1. The van der Waals surface area contributed by atoms with Gasteiger partial charge in [0.1, 0.15) is 5.82 Å². The zero-order valence-corrected chi connectivity index (χ0v) is 16.2. The molecule has 0 aliphatic rings. The van der Waals surface area contributed by atoms with Crippen LogP contribution in [0.4, 0.5) is 4.39 Å². The number of rotatable bonds is 7. The summed E-state index contributed by atoms with van der Waals surface area (Å²) >= 11 is 0. The molecule has 0 aliphatic carbocycles. The molecule has 1 aromatic carbocycles. The van der Waals surface area contributed by atoms with Crippen molar-refractivity contribution in [1.29, 1.82) is 0 Å². The van der Waals surface area contributed by atoms with E-state index in [1.165, 1.54) is 12.1 Å². The topological polar surface area (TPSA) is 54.7 Å². The van der Waals surface area contributed by atoms with Crippen molar-refractivity contribution < 1.29 is 9.13 Å². The lowest BCUT2D eigenvalue weighted by Gasteiger charge is -2.22. The third-order valence-corrected chi connectivity index (χ3v) is 4.37. The molecular weight excluding hydrogens is 333 g/mol. The summed E-state index contributed by atoms with van der Waals surface area (Å²) in [4.78, 5) is 6.35. The molecule has 0 fully saturated rings. The van der Waals surface area contributed by atoms with Crippen LogP contribution in [0.2, 0.25) is 0 Å². The fourth-order valence-electron chi connectivity index (χ4n) is 2.88. The number of guanidine groups is 1. The van der Waals surface area contributed by atoms with Crippen molar-refractivity contribution in [3.05, 3.63) is 52.6 Å². The van der Waals surface area contributed by atoms with Crippen LogP contribution < -0.4 is 5.32 Å². The van der Waals surface area contributed by atoms with Crippen molar-refractivity contribution in [2.24, 2.45) is 4.99 Å². The van der Waals surface area contributed by atoms with Crippen LogP contribution in [0.5, 0.6) is 0 Å². The third-order valence-electron chi connectivity index (χ3n) is 4.37. The lowest BCUT2D eigenvalue weighted by molar-refractivity contribution is 0.182. The fourth-order valence-corrected chi connectivity index (χ4v) is 2.88. The Kier molecular flexibility index (Phi) is 7.15. The Balaban J connectivity index is 2.00. The van der Waals surface area contributed by atoms with E-state index in [0.717, 1.165) is 35.0 Å². The summed E-state index contributed by atoms with van der Waals surface area (Å²) in [7, 11) is 5.40. The van der Waals surface area contributed by atoms with Gasteiger partial charge in [0.25, 0.3) is 0 Å². The van der Waals surface area contributed by atoms with E-state index in [0.29, 0.717) is 19.7 Å². The van der Waals surface area contributed by atoms with Crippen LogP contribution in [0.3, 0.4) is 0 Å². The number of aromatic nitrogens is 2. The van der Waals surface area contributed by atoms with Gasteiger partial charge in [-0.15, -0.1) is 0 Å². The van der Waals surface area contributed by atoms with Crippen molar-refractivity contribution in [2.75, 3.05) is 27.8 Å². The van der Waals surface area contributed by atoms with Crippen LogP contribution in [-0.2, 0) is 24.4 Å². The number of hydrogen-bond donors (Lipinski definition) is 1. The molecule has 1 aromatic heterocycles. The molecule has 142 valence electrons. The number of aliphatic imine (C=N–C) groups is 1. The average Bonchev–Trinajstić information content (AvgIpc) is 2.89. The van der Waals surface area contributed by atoms with Crippen molar-refractivity contribution in [1.82, 2.24) is 20.0 Å². The molecule has 0 bridgehead atoms. The van der Waals surface area contributed by atoms with Crippen LogP contribution in [0.15, 0.2) is 29.3 Å². The number of halogens is 1. The summed E-state index contributed by atoms with van der Waals surface area (Å²) in [5, 5.41) is 7.97. The second-order valence-corrected chi connectivity index (χ2v) is 6.25. The van der Waals surface area contributed by atoms with Crippen LogP contribution in [0.1, 0.15) is 22.5 Å². The SMILES string of the molecule is CN=C(NCc1c(C)nn(CCOC)c1C)N(C)Cc1ccc(F)cc1. The second kappa shape index (κ2) is 9.33. The minimum Gasteiger partial charge on any atom is -0.383 e. The number of ether oxygens (including phenoxy) is 1. The molecule has 1 heterocycles. The minimum absolute atomic E-state index is 0.227. The number of nitrogens with zero attached hydrogens (tertiary/aromatic N) is 4. The number of nitrogens with one attached hydrogen (secondary N) is 1. The van der Waals surface area contributed by atoms with Gasteiger partial charge in [-0.3, -0.25) is 9.67 Å². The van der Waals surface area contributed by atoms with Crippen molar-refractivity contribution in [3.8, 4) is 0 Å². The number of aryl methyl sites for hydroxylation is 1. The predicted octanol–water partition coefficient (Wildman–Crippen LogP) is 2.49. The molecule has 26 heavy (non-hydrogen) atoms. The quantitative estimate of drug-likeness (QED) is 0.608. The largest absolute Gasteiger partial charge is 0.383 e. The van der Waals surface area contributed by atoms with E-state index in [-0.39, 0.29) is 5.82 Å². The van der Waals surface area contributed by atoms with Gasteiger partial charge in [-0.2, -0.15) is 5.10 Å². The maximum atomic E-state index is 13.0. The van der Waals surface area contributed by atoms with E-state index >= 15 is 0 Å². The summed E-state index contributed by atoms with van der Waals surface area (Å²) in [6.45, 7) is 6.74. The lowest BCUT2D eigenvalue weighted by Crippen LogP contribution is -2.38. The Morgan fingerprint density at radius 2 is 2.00 bits per heavy atom. The van der Waals surface area contributed by atoms with Gasteiger partial charge in [0, 0.05) is 45.6 Å². The summed E-state index contributed by atoms with van der Waals surface area (Å²) < 4.78 is 20.2. The van der Waals surface area contributed by atoms with Gasteiger partial charge in [-0.1, -0.05) is 12.1 Å². The van der Waals surface area contributed by atoms with Gasteiger partial charge < -0.3 is 15.0 Å². The standard InChI is InChI=1S/C19H28FN5O/c1-14-18(15(2)25(23-14)10-11-26-5)12-22-19(21-3)24(4)13-16-6-8-17(20)9-7-16/h6-9H,10-13H2,1-5H3,(H,21,22). The molecule has 6 nitrogen and oxygen atoms in total. The molecule has 0 spiro atoms. The first-order valence-corrected chi connectivity index (χ1v) is 8.64. The summed E-state index contributed by atoms with van der Waals surface area (Å²) in [6.07, 6.45) is 0. The zero-order valence-electron chi connectivity index (χ0n) is 16.2. The summed E-state index contributed by atoms with van der Waals surface area (Å²) in [5.41, 5.74) is 4.32. The molecular formula is C19H28FN5O. The van der Waals surface area contributed by atoms with Gasteiger partial charge in [-0.05, 0) is 31.5 Å². The third kappa shape index (κ3) is 5.05. The van der Waals surface area contributed by atoms with E-state index in [4.69, 9.17) is 4.74 Å². The Bertz CT molecular complexity index is 739. The lowest BCUT2D eigenvalue weighted by atomic mass is 10.2. The average molecular weight is 361 g/mol. The van der Waals surface area contributed by atoms with Gasteiger partial charge in [0.2, 0.25) is 0 Å². The molecule has 2 rings (SSSR count). The van der Waals surface area contributed by atoms with Gasteiger partial charge in [0.15, 0.2) is 5.96 Å². The first kappa shape index (κ1) is 19.9. The van der Waals surface area contributed by atoms with Gasteiger partial charge in [-0.25, -0.2) is 4.39 Å². The van der Waals surface area contributed by atoms with Crippen LogP contribution in [0.25, 0.3) is 0 Å². The molecule has 0 saturated carbocycles. The van der Waals surface area contributed by atoms with Crippen molar-refractivity contribution in [2.45, 2.75) is 33.5 Å². The highest BCUT2D eigenvalue weighted by atomic mass is 19.1. The zero-order chi connectivity index (χ0) is 19.1. The van der Waals surface area contributed by atoms with E-state index < -0.39 is 0 Å². The Hall–Kier alpha value is -2.41. The Labute approximate surface area is 154 Å². The van der Waals surface area contributed by atoms with Crippen molar-refractivity contribution >= 4 is 5.96 Å². The van der Waals surface area contributed by atoms with E-state index in [2.05, 4.69) is 22.3 Å². The van der Waals surface area contributed by atoms with E-state index in [9.17, 15) is 4.39 Å². The highest BCUT2D eigenvalue weighted by Crippen LogP contribution is 2.13. The molecule has 0 radical (unpaired) electrons. The second-order valence-electron chi connectivity index (χ2n) is 6.25. The summed E-state index contributed by atoms with van der Waals surface area (Å²) in [5.74, 6) is 0.549. The first-order chi connectivity index (χ1) is 12.5. The molecule has 0 saturated heterocycles. The maximum absolute atomic E-state index is 13.0. The number of hydrogen-bond acceptors (Lipinski definition) is 3. The van der Waals surface area contributed by atoms with Gasteiger partial charge >= 0.3 is 0 Å². The highest BCUT2D eigenvalue weighted by Gasteiger charge is 2.13. The number of benzene rings is 1. The predicted molar refractivity (Wildman–Crippen MR) is 102 cm³/mol. The molecule has 0 unspecified atom stereocenters. The monoisotopic (exact) mass is 361 g/mol. The van der Waals surface area contributed by atoms with Gasteiger partial charge in [0.05, 0.1) is 18.8 Å². The highest BCUT2D eigenvalue weighted by molar-refractivity contribution is 5.79. The van der Waals surface area contributed by atoms with E-state index in [1.807, 2.05) is 23.6 Å². The van der Waals surface area contributed by atoms with Crippen LogP contribution in [0, 0.1) is 19.7 Å². The first-order valence-electron chi connectivity index (χ1n) is 8.64. The molecule has 1 N–H and O–H groups in total. The minimum atomic E-state index is -0.227. The molecule has 0 aliphatic heterocycles. The maximum Gasteiger partial charge on any atom is 0.193 e. The summed E-state index contributed by atoms with van der Waals surface area (Å²) in [6, 6.07) is 6.52. The molecule has 2 aromatic rings. The molecule has 0 amide bonds. The van der Waals surface area contributed by atoms with Crippen molar-refractivity contribution in [3.63, 3.8) is 0 Å².